The van der Waals surface area contributed by atoms with Gasteiger partial charge in [-0.05, 0) is 19.8 Å². The molecule has 1 aliphatic rings. The van der Waals surface area contributed by atoms with Crippen LogP contribution in [0.1, 0.15) is 26.7 Å². The molecule has 0 amide bonds. The van der Waals surface area contributed by atoms with Crippen molar-refractivity contribution >= 4 is 5.97 Å². The monoisotopic (exact) mass is 186 g/mol. The Morgan fingerprint density at radius 3 is 2.62 bits per heavy atom. The van der Waals surface area contributed by atoms with Crippen LogP contribution in [-0.4, -0.2) is 35.2 Å². The largest absolute Gasteiger partial charge is 0.481 e. The van der Waals surface area contributed by atoms with Crippen molar-refractivity contribution in [3.63, 3.8) is 0 Å². The van der Waals surface area contributed by atoms with Crippen molar-refractivity contribution in [3.05, 3.63) is 0 Å². The molecule has 4 heteroatoms. The SMILES string of the molecule is CC(C(=O)O)C(C)N1CCCCN1. The summed E-state index contributed by atoms with van der Waals surface area (Å²) in [6.07, 6.45) is 2.34. The number of hydrogen-bond donors (Lipinski definition) is 2. The number of carboxylic acids is 1. The standard InChI is InChI=1S/C9H18N2O2/c1-7(9(12)13)8(2)11-6-4-3-5-10-11/h7-8,10H,3-6H2,1-2H3,(H,12,13). The van der Waals surface area contributed by atoms with Gasteiger partial charge in [-0.1, -0.05) is 6.92 Å². The lowest BCUT2D eigenvalue weighted by Crippen LogP contribution is -2.51. The van der Waals surface area contributed by atoms with E-state index in [0.717, 1.165) is 19.5 Å². The first kappa shape index (κ1) is 10.5. The molecule has 0 aliphatic carbocycles. The van der Waals surface area contributed by atoms with Gasteiger partial charge in [0.2, 0.25) is 0 Å². The van der Waals surface area contributed by atoms with Crippen LogP contribution >= 0.6 is 0 Å². The number of hydrazine groups is 1. The predicted molar refractivity (Wildman–Crippen MR) is 50.2 cm³/mol. The number of nitrogens with one attached hydrogen (secondary N) is 1. The summed E-state index contributed by atoms with van der Waals surface area (Å²) in [5.41, 5.74) is 3.22. The van der Waals surface area contributed by atoms with Gasteiger partial charge in [0.1, 0.15) is 0 Å². The van der Waals surface area contributed by atoms with Crippen LogP contribution < -0.4 is 5.43 Å². The molecular weight excluding hydrogens is 168 g/mol. The van der Waals surface area contributed by atoms with Crippen molar-refractivity contribution in [2.45, 2.75) is 32.7 Å². The summed E-state index contributed by atoms with van der Waals surface area (Å²) in [6, 6.07) is 0.0674. The minimum Gasteiger partial charge on any atom is -0.481 e. The second-order valence-corrected chi connectivity index (χ2v) is 3.68. The van der Waals surface area contributed by atoms with E-state index in [1.54, 1.807) is 6.92 Å². The van der Waals surface area contributed by atoms with Gasteiger partial charge in [-0.25, -0.2) is 5.01 Å². The molecule has 1 fully saturated rings. The van der Waals surface area contributed by atoms with Crippen LogP contribution in [0.5, 0.6) is 0 Å². The number of hydrogen-bond acceptors (Lipinski definition) is 3. The highest BCUT2D eigenvalue weighted by atomic mass is 16.4. The number of aliphatic carboxylic acids is 1. The van der Waals surface area contributed by atoms with Gasteiger partial charge in [-0.3, -0.25) is 10.2 Å². The molecule has 2 atom stereocenters. The fourth-order valence-electron chi connectivity index (χ4n) is 1.53. The van der Waals surface area contributed by atoms with Crippen molar-refractivity contribution in [2.75, 3.05) is 13.1 Å². The van der Waals surface area contributed by atoms with Crippen LogP contribution in [0.4, 0.5) is 0 Å². The first-order valence-electron chi connectivity index (χ1n) is 4.86. The van der Waals surface area contributed by atoms with E-state index < -0.39 is 5.97 Å². The summed E-state index contributed by atoms with van der Waals surface area (Å²) in [6.45, 7) is 5.63. The van der Waals surface area contributed by atoms with Crippen LogP contribution in [0.2, 0.25) is 0 Å². The molecule has 4 nitrogen and oxygen atoms in total. The second kappa shape index (κ2) is 4.58. The molecule has 0 bridgehead atoms. The van der Waals surface area contributed by atoms with Crippen LogP contribution in [0.15, 0.2) is 0 Å². The molecule has 76 valence electrons. The zero-order valence-corrected chi connectivity index (χ0v) is 8.29. The summed E-state index contributed by atoms with van der Waals surface area (Å²) in [4.78, 5) is 10.7. The van der Waals surface area contributed by atoms with E-state index in [-0.39, 0.29) is 12.0 Å². The summed E-state index contributed by atoms with van der Waals surface area (Å²) >= 11 is 0. The van der Waals surface area contributed by atoms with Crippen LogP contribution in [0, 0.1) is 5.92 Å². The molecule has 0 aromatic heterocycles. The van der Waals surface area contributed by atoms with Gasteiger partial charge >= 0.3 is 5.97 Å². The van der Waals surface area contributed by atoms with E-state index in [2.05, 4.69) is 5.43 Å². The van der Waals surface area contributed by atoms with Gasteiger partial charge in [0.05, 0.1) is 5.92 Å². The smallest absolute Gasteiger partial charge is 0.307 e. The summed E-state index contributed by atoms with van der Waals surface area (Å²) < 4.78 is 0. The Balaban J connectivity index is 2.44. The van der Waals surface area contributed by atoms with Crippen molar-refractivity contribution < 1.29 is 9.90 Å². The molecule has 0 aromatic carbocycles. The zero-order chi connectivity index (χ0) is 9.84. The molecule has 1 aliphatic heterocycles. The lowest BCUT2D eigenvalue weighted by atomic mass is 10.0. The quantitative estimate of drug-likeness (QED) is 0.681. The fourth-order valence-corrected chi connectivity index (χ4v) is 1.53. The summed E-state index contributed by atoms with van der Waals surface area (Å²) in [7, 11) is 0. The Kier molecular flexibility index (Phi) is 3.69. The van der Waals surface area contributed by atoms with Gasteiger partial charge in [0, 0.05) is 19.1 Å². The Morgan fingerprint density at radius 1 is 1.46 bits per heavy atom. The van der Waals surface area contributed by atoms with Gasteiger partial charge in [0.25, 0.3) is 0 Å². The minimum absolute atomic E-state index is 0.0674. The Bertz CT molecular complexity index is 178. The van der Waals surface area contributed by atoms with Gasteiger partial charge < -0.3 is 5.11 Å². The zero-order valence-electron chi connectivity index (χ0n) is 8.29. The molecule has 0 saturated carbocycles. The highest BCUT2D eigenvalue weighted by Gasteiger charge is 2.25. The first-order valence-corrected chi connectivity index (χ1v) is 4.86. The van der Waals surface area contributed by atoms with Crippen molar-refractivity contribution in [1.82, 2.24) is 10.4 Å². The third-order valence-electron chi connectivity index (χ3n) is 2.75. The molecule has 1 saturated heterocycles. The lowest BCUT2D eigenvalue weighted by molar-refractivity contribution is -0.144. The molecule has 0 spiro atoms. The minimum atomic E-state index is -0.722. The van der Waals surface area contributed by atoms with E-state index in [9.17, 15) is 4.79 Å². The highest BCUT2D eigenvalue weighted by molar-refractivity contribution is 5.70. The third-order valence-corrected chi connectivity index (χ3v) is 2.75. The van der Waals surface area contributed by atoms with E-state index in [4.69, 9.17) is 5.11 Å². The number of rotatable bonds is 3. The molecule has 2 N–H and O–H groups in total. The molecule has 13 heavy (non-hydrogen) atoms. The number of nitrogens with zero attached hydrogens (tertiary/aromatic N) is 1. The second-order valence-electron chi connectivity index (χ2n) is 3.68. The molecule has 0 radical (unpaired) electrons. The maximum Gasteiger partial charge on any atom is 0.307 e. The van der Waals surface area contributed by atoms with Crippen LogP contribution in [-0.2, 0) is 4.79 Å². The molecule has 1 heterocycles. The Morgan fingerprint density at radius 2 is 2.15 bits per heavy atom. The summed E-state index contributed by atoms with van der Waals surface area (Å²) in [5.74, 6) is -1.04. The molecule has 1 rings (SSSR count). The van der Waals surface area contributed by atoms with Gasteiger partial charge in [-0.2, -0.15) is 0 Å². The predicted octanol–water partition coefficient (Wildman–Crippen LogP) is 0.696. The molecule has 2 unspecified atom stereocenters. The molecule has 0 aromatic rings. The third kappa shape index (κ3) is 2.67. The number of carbonyl (C=O) groups is 1. The van der Waals surface area contributed by atoms with E-state index in [0.29, 0.717) is 0 Å². The molecular formula is C9H18N2O2. The van der Waals surface area contributed by atoms with Crippen LogP contribution in [0.3, 0.4) is 0 Å². The first-order chi connectivity index (χ1) is 6.13. The highest BCUT2D eigenvalue weighted by Crippen LogP contribution is 2.12. The van der Waals surface area contributed by atoms with Crippen LogP contribution in [0.25, 0.3) is 0 Å². The van der Waals surface area contributed by atoms with E-state index >= 15 is 0 Å². The normalized spacial score (nSPS) is 23.8. The fraction of sp³-hybridized carbons (Fsp3) is 0.889. The maximum absolute atomic E-state index is 10.7. The lowest BCUT2D eigenvalue weighted by Gasteiger charge is -2.34. The topological polar surface area (TPSA) is 52.6 Å². The number of carboxylic acid groups (broad SMARTS) is 1. The summed E-state index contributed by atoms with van der Waals surface area (Å²) in [5, 5.41) is 10.9. The maximum atomic E-state index is 10.7. The van der Waals surface area contributed by atoms with Crippen molar-refractivity contribution in [3.8, 4) is 0 Å². The van der Waals surface area contributed by atoms with Crippen molar-refractivity contribution in [2.24, 2.45) is 5.92 Å². The van der Waals surface area contributed by atoms with Crippen molar-refractivity contribution in [1.29, 1.82) is 0 Å². The average molecular weight is 186 g/mol. The average Bonchev–Trinajstić information content (AvgIpc) is 2.17. The van der Waals surface area contributed by atoms with E-state index in [1.807, 2.05) is 11.9 Å². The Labute approximate surface area is 78.9 Å². The van der Waals surface area contributed by atoms with Gasteiger partial charge in [0.15, 0.2) is 0 Å². The van der Waals surface area contributed by atoms with Gasteiger partial charge in [-0.15, -0.1) is 0 Å². The Hall–Kier alpha value is -0.610. The van der Waals surface area contributed by atoms with E-state index in [1.165, 1.54) is 6.42 Å².